The van der Waals surface area contributed by atoms with Crippen LogP contribution < -0.4 is 14.8 Å². The Labute approximate surface area is 167 Å². The van der Waals surface area contributed by atoms with Gasteiger partial charge in [-0.2, -0.15) is 0 Å². The zero-order valence-corrected chi connectivity index (χ0v) is 16.9. The van der Waals surface area contributed by atoms with Gasteiger partial charge in [-0.15, -0.1) is 10.2 Å². The minimum atomic E-state index is -0.143. The number of carbonyl (C=O) groups excluding carboxylic acids is 1. The average Bonchev–Trinajstić information content (AvgIpc) is 3.17. The van der Waals surface area contributed by atoms with Crippen molar-refractivity contribution in [3.63, 3.8) is 0 Å². The highest BCUT2D eigenvalue weighted by molar-refractivity contribution is 7.99. The normalized spacial score (nSPS) is 10.6. The van der Waals surface area contributed by atoms with Gasteiger partial charge in [0.1, 0.15) is 11.5 Å². The lowest BCUT2D eigenvalue weighted by molar-refractivity contribution is -0.113. The lowest BCUT2D eigenvalue weighted by Crippen LogP contribution is -2.14. The molecule has 0 aliphatic rings. The van der Waals surface area contributed by atoms with E-state index < -0.39 is 0 Å². The maximum Gasteiger partial charge on any atom is 0.277 e. The van der Waals surface area contributed by atoms with Gasteiger partial charge in [-0.25, -0.2) is 0 Å². The van der Waals surface area contributed by atoms with E-state index >= 15 is 0 Å². The van der Waals surface area contributed by atoms with Crippen molar-refractivity contribution in [1.29, 1.82) is 0 Å². The second kappa shape index (κ2) is 8.79. The minimum Gasteiger partial charge on any atom is -0.497 e. The first-order chi connectivity index (χ1) is 13.5. The van der Waals surface area contributed by atoms with Crippen molar-refractivity contribution in [3.05, 3.63) is 47.5 Å². The molecule has 28 heavy (non-hydrogen) atoms. The van der Waals surface area contributed by atoms with E-state index in [0.29, 0.717) is 28.2 Å². The standard InChI is InChI=1S/C20H21N3O4S/c1-12-5-6-14(9-13(12)2)21-18(24)11-28-20-23-22-19(27-20)16-8-7-15(25-3)10-17(16)26-4/h5-10H,11H2,1-4H3,(H,21,24). The number of anilines is 1. The van der Waals surface area contributed by atoms with Crippen molar-refractivity contribution in [2.45, 2.75) is 19.1 Å². The maximum atomic E-state index is 12.2. The molecule has 0 saturated carbocycles. The second-order valence-electron chi connectivity index (χ2n) is 6.08. The average molecular weight is 399 g/mol. The molecular weight excluding hydrogens is 378 g/mol. The lowest BCUT2D eigenvalue weighted by Gasteiger charge is -2.07. The van der Waals surface area contributed by atoms with E-state index in [1.807, 2.05) is 32.0 Å². The van der Waals surface area contributed by atoms with E-state index in [0.717, 1.165) is 11.3 Å². The minimum absolute atomic E-state index is 0.143. The number of aryl methyl sites for hydroxylation is 2. The molecule has 0 spiro atoms. The van der Waals surface area contributed by atoms with E-state index in [4.69, 9.17) is 13.9 Å². The van der Waals surface area contributed by atoms with Crippen LogP contribution in [-0.4, -0.2) is 36.1 Å². The molecule has 2 aromatic carbocycles. The molecule has 8 heteroatoms. The molecule has 0 unspecified atom stereocenters. The van der Waals surface area contributed by atoms with Gasteiger partial charge in [0.2, 0.25) is 5.91 Å². The molecule has 146 valence electrons. The van der Waals surface area contributed by atoms with Crippen LogP contribution in [0.2, 0.25) is 0 Å². The fourth-order valence-corrected chi connectivity index (χ4v) is 3.06. The monoisotopic (exact) mass is 399 g/mol. The summed E-state index contributed by atoms with van der Waals surface area (Å²) in [5, 5.41) is 11.2. The van der Waals surface area contributed by atoms with E-state index in [9.17, 15) is 4.79 Å². The quantitative estimate of drug-likeness (QED) is 0.599. The Morgan fingerprint density at radius 1 is 1.07 bits per heavy atom. The summed E-state index contributed by atoms with van der Waals surface area (Å²) in [5.41, 5.74) is 3.73. The summed E-state index contributed by atoms with van der Waals surface area (Å²) < 4.78 is 16.2. The van der Waals surface area contributed by atoms with E-state index in [1.165, 1.54) is 17.3 Å². The second-order valence-corrected chi connectivity index (χ2v) is 7.00. The fourth-order valence-electron chi connectivity index (χ4n) is 2.50. The summed E-state index contributed by atoms with van der Waals surface area (Å²) in [5.74, 6) is 1.56. The lowest BCUT2D eigenvalue weighted by atomic mass is 10.1. The van der Waals surface area contributed by atoms with Gasteiger partial charge >= 0.3 is 0 Å². The number of hydrogen-bond acceptors (Lipinski definition) is 7. The van der Waals surface area contributed by atoms with Gasteiger partial charge in [-0.05, 0) is 49.2 Å². The van der Waals surface area contributed by atoms with Crippen molar-refractivity contribution in [2.75, 3.05) is 25.3 Å². The number of carbonyl (C=O) groups is 1. The predicted octanol–water partition coefficient (Wildman–Crippen LogP) is 4.10. The molecule has 1 heterocycles. The number of ether oxygens (including phenoxy) is 2. The molecule has 3 rings (SSSR count). The summed E-state index contributed by atoms with van der Waals surface area (Å²) in [6, 6.07) is 11.1. The van der Waals surface area contributed by atoms with E-state index in [-0.39, 0.29) is 11.7 Å². The SMILES string of the molecule is COc1ccc(-c2nnc(SCC(=O)Nc3ccc(C)c(C)c3)o2)c(OC)c1. The Morgan fingerprint density at radius 2 is 1.89 bits per heavy atom. The van der Waals surface area contributed by atoms with Crippen LogP contribution in [0.3, 0.4) is 0 Å². The first-order valence-electron chi connectivity index (χ1n) is 8.56. The number of hydrogen-bond donors (Lipinski definition) is 1. The van der Waals surface area contributed by atoms with Crippen LogP contribution >= 0.6 is 11.8 Å². The molecule has 0 fully saturated rings. The molecule has 3 aromatic rings. The van der Waals surface area contributed by atoms with Crippen molar-refractivity contribution < 1.29 is 18.7 Å². The predicted molar refractivity (Wildman–Crippen MR) is 108 cm³/mol. The van der Waals surface area contributed by atoms with Crippen LogP contribution in [0.1, 0.15) is 11.1 Å². The number of aromatic nitrogens is 2. The first kappa shape index (κ1) is 19.8. The van der Waals surface area contributed by atoms with Crippen molar-refractivity contribution >= 4 is 23.4 Å². The number of rotatable bonds is 7. The summed E-state index contributed by atoms with van der Waals surface area (Å²) in [6.45, 7) is 4.04. The molecule has 0 atom stereocenters. The Kier molecular flexibility index (Phi) is 6.20. The smallest absolute Gasteiger partial charge is 0.277 e. The Bertz CT molecular complexity index is 987. The molecule has 1 aromatic heterocycles. The molecule has 0 bridgehead atoms. The molecule has 0 radical (unpaired) electrons. The van der Waals surface area contributed by atoms with Crippen LogP contribution in [0.15, 0.2) is 46.0 Å². The fraction of sp³-hybridized carbons (Fsp3) is 0.250. The third kappa shape index (κ3) is 4.64. The molecule has 0 aliphatic carbocycles. The molecule has 1 N–H and O–H groups in total. The first-order valence-corrected chi connectivity index (χ1v) is 9.54. The van der Waals surface area contributed by atoms with Crippen LogP contribution in [0.5, 0.6) is 11.5 Å². The molecule has 0 saturated heterocycles. The molecular formula is C20H21N3O4S. The van der Waals surface area contributed by atoms with Gasteiger partial charge in [-0.3, -0.25) is 4.79 Å². The number of benzene rings is 2. The zero-order valence-electron chi connectivity index (χ0n) is 16.1. The van der Waals surface area contributed by atoms with Gasteiger partial charge in [0, 0.05) is 11.8 Å². The van der Waals surface area contributed by atoms with Gasteiger partial charge in [-0.1, -0.05) is 17.8 Å². The number of nitrogens with zero attached hydrogens (tertiary/aromatic N) is 2. The van der Waals surface area contributed by atoms with Crippen LogP contribution in [0.25, 0.3) is 11.5 Å². The number of thioether (sulfide) groups is 1. The van der Waals surface area contributed by atoms with Gasteiger partial charge in [0.15, 0.2) is 0 Å². The largest absolute Gasteiger partial charge is 0.497 e. The Balaban J connectivity index is 1.63. The van der Waals surface area contributed by atoms with Crippen molar-refractivity contribution in [3.8, 4) is 23.0 Å². The van der Waals surface area contributed by atoms with Gasteiger partial charge in [0.25, 0.3) is 11.1 Å². The van der Waals surface area contributed by atoms with Crippen molar-refractivity contribution in [1.82, 2.24) is 10.2 Å². The van der Waals surface area contributed by atoms with Crippen LogP contribution in [0, 0.1) is 13.8 Å². The number of nitrogens with one attached hydrogen (secondary N) is 1. The van der Waals surface area contributed by atoms with Crippen LogP contribution in [-0.2, 0) is 4.79 Å². The number of amides is 1. The van der Waals surface area contributed by atoms with Crippen LogP contribution in [0.4, 0.5) is 5.69 Å². The highest BCUT2D eigenvalue weighted by Crippen LogP contribution is 2.33. The molecule has 1 amide bonds. The summed E-state index contributed by atoms with van der Waals surface area (Å²) >= 11 is 1.17. The van der Waals surface area contributed by atoms with E-state index in [1.54, 1.807) is 32.4 Å². The summed E-state index contributed by atoms with van der Waals surface area (Å²) in [4.78, 5) is 12.2. The number of methoxy groups -OCH3 is 2. The third-order valence-corrected chi connectivity index (χ3v) is 4.98. The van der Waals surface area contributed by atoms with E-state index in [2.05, 4.69) is 15.5 Å². The Hall–Kier alpha value is -3.00. The van der Waals surface area contributed by atoms with Crippen molar-refractivity contribution in [2.24, 2.45) is 0 Å². The third-order valence-electron chi connectivity index (χ3n) is 4.16. The Morgan fingerprint density at radius 3 is 2.61 bits per heavy atom. The van der Waals surface area contributed by atoms with Gasteiger partial charge < -0.3 is 19.2 Å². The molecule has 0 aliphatic heterocycles. The topological polar surface area (TPSA) is 86.5 Å². The highest BCUT2D eigenvalue weighted by atomic mass is 32.2. The maximum absolute atomic E-state index is 12.2. The summed E-state index contributed by atoms with van der Waals surface area (Å²) in [7, 11) is 3.14. The summed E-state index contributed by atoms with van der Waals surface area (Å²) in [6.07, 6.45) is 0. The molecule has 7 nitrogen and oxygen atoms in total. The zero-order chi connectivity index (χ0) is 20.1. The van der Waals surface area contributed by atoms with Gasteiger partial charge in [0.05, 0.1) is 25.5 Å². The highest BCUT2D eigenvalue weighted by Gasteiger charge is 2.16.